The largest absolute Gasteiger partial charge is 0.496 e. The summed E-state index contributed by atoms with van der Waals surface area (Å²) in [6.45, 7) is 10.1. The van der Waals surface area contributed by atoms with Crippen molar-refractivity contribution in [1.82, 2.24) is 5.32 Å². The van der Waals surface area contributed by atoms with E-state index in [-0.39, 0.29) is 0 Å². The second-order valence-corrected chi connectivity index (χ2v) is 6.96. The summed E-state index contributed by atoms with van der Waals surface area (Å²) in [7, 11) is 1.79. The van der Waals surface area contributed by atoms with E-state index in [2.05, 4.69) is 51.2 Å². The Kier molecular flexibility index (Phi) is 5.69. The number of nitrogens with one attached hydrogen (secondary N) is 1. The molecule has 1 aliphatic rings. The third kappa shape index (κ3) is 4.00. The van der Waals surface area contributed by atoms with Crippen molar-refractivity contribution in [3.05, 3.63) is 29.3 Å². The summed E-state index contributed by atoms with van der Waals surface area (Å²) in [6.07, 6.45) is 4.01. The smallest absolute Gasteiger partial charge is 0.123 e. The van der Waals surface area contributed by atoms with Gasteiger partial charge in [-0.1, -0.05) is 32.9 Å². The average Bonchev–Trinajstić information content (AvgIpc) is 2.44. The van der Waals surface area contributed by atoms with Crippen LogP contribution in [0.25, 0.3) is 0 Å². The molecular formula is C19H31NO. The van der Waals surface area contributed by atoms with Crippen molar-refractivity contribution in [2.75, 3.05) is 13.7 Å². The van der Waals surface area contributed by atoms with Crippen LogP contribution in [-0.4, -0.2) is 13.7 Å². The second-order valence-electron chi connectivity index (χ2n) is 6.96. The molecule has 0 amide bonds. The van der Waals surface area contributed by atoms with Gasteiger partial charge in [-0.15, -0.1) is 0 Å². The molecule has 0 aliphatic heterocycles. The molecule has 0 saturated heterocycles. The van der Waals surface area contributed by atoms with Crippen molar-refractivity contribution in [1.29, 1.82) is 0 Å². The van der Waals surface area contributed by atoms with E-state index in [1.165, 1.54) is 30.4 Å². The number of benzene rings is 1. The zero-order valence-corrected chi connectivity index (χ0v) is 14.3. The number of rotatable bonds is 5. The Morgan fingerprint density at radius 3 is 2.43 bits per heavy atom. The Morgan fingerprint density at radius 2 is 1.86 bits per heavy atom. The van der Waals surface area contributed by atoms with Gasteiger partial charge >= 0.3 is 0 Å². The van der Waals surface area contributed by atoms with Crippen LogP contribution in [0, 0.1) is 24.7 Å². The summed E-state index contributed by atoms with van der Waals surface area (Å²) in [4.78, 5) is 0. The minimum absolute atomic E-state index is 0.413. The van der Waals surface area contributed by atoms with Crippen LogP contribution < -0.4 is 10.1 Å². The number of aryl methyl sites for hydroxylation is 1. The van der Waals surface area contributed by atoms with E-state index >= 15 is 0 Å². The van der Waals surface area contributed by atoms with Crippen molar-refractivity contribution in [2.45, 2.75) is 53.0 Å². The molecule has 0 heterocycles. The molecule has 3 atom stereocenters. The maximum atomic E-state index is 5.66. The highest BCUT2D eigenvalue weighted by Gasteiger charge is 2.31. The number of hydrogen-bond donors (Lipinski definition) is 1. The van der Waals surface area contributed by atoms with Crippen LogP contribution in [0.1, 0.15) is 57.2 Å². The first-order valence-corrected chi connectivity index (χ1v) is 8.43. The van der Waals surface area contributed by atoms with Crippen LogP contribution in [0.3, 0.4) is 0 Å². The Hall–Kier alpha value is -1.02. The lowest BCUT2D eigenvalue weighted by atomic mass is 9.72. The van der Waals surface area contributed by atoms with Crippen LogP contribution in [0.4, 0.5) is 0 Å². The zero-order chi connectivity index (χ0) is 15.4. The highest BCUT2D eigenvalue weighted by Crippen LogP contribution is 2.42. The van der Waals surface area contributed by atoms with Crippen LogP contribution in [0.5, 0.6) is 5.75 Å². The van der Waals surface area contributed by atoms with Crippen LogP contribution in [0.15, 0.2) is 18.2 Å². The highest BCUT2D eigenvalue weighted by atomic mass is 16.5. The third-order valence-corrected chi connectivity index (χ3v) is 4.83. The Morgan fingerprint density at radius 1 is 1.19 bits per heavy atom. The fraction of sp³-hybridized carbons (Fsp3) is 0.684. The topological polar surface area (TPSA) is 21.3 Å². The van der Waals surface area contributed by atoms with E-state index in [4.69, 9.17) is 4.74 Å². The average molecular weight is 289 g/mol. The molecule has 1 aliphatic carbocycles. The summed E-state index contributed by atoms with van der Waals surface area (Å²) in [6, 6.07) is 7.04. The minimum atomic E-state index is 0.413. The summed E-state index contributed by atoms with van der Waals surface area (Å²) in [5, 5.41) is 3.72. The lowest BCUT2D eigenvalue weighted by Gasteiger charge is -2.37. The van der Waals surface area contributed by atoms with Gasteiger partial charge in [0, 0.05) is 11.6 Å². The van der Waals surface area contributed by atoms with Gasteiger partial charge in [-0.05, 0) is 62.1 Å². The molecule has 3 unspecified atom stereocenters. The molecule has 0 aromatic heterocycles. The van der Waals surface area contributed by atoms with Crippen molar-refractivity contribution in [2.24, 2.45) is 17.8 Å². The first-order chi connectivity index (χ1) is 10.0. The van der Waals surface area contributed by atoms with Gasteiger partial charge in [0.15, 0.2) is 0 Å². The maximum absolute atomic E-state index is 5.66. The molecule has 2 nitrogen and oxygen atoms in total. The van der Waals surface area contributed by atoms with E-state index < -0.39 is 0 Å². The van der Waals surface area contributed by atoms with Crippen LogP contribution in [0.2, 0.25) is 0 Å². The van der Waals surface area contributed by atoms with Gasteiger partial charge in [-0.2, -0.15) is 0 Å². The molecule has 1 N–H and O–H groups in total. The van der Waals surface area contributed by atoms with Crippen molar-refractivity contribution < 1.29 is 4.74 Å². The van der Waals surface area contributed by atoms with Gasteiger partial charge in [0.2, 0.25) is 0 Å². The molecule has 2 heteroatoms. The van der Waals surface area contributed by atoms with Gasteiger partial charge in [0.25, 0.3) is 0 Å². The molecule has 118 valence electrons. The molecule has 1 aromatic carbocycles. The fourth-order valence-corrected chi connectivity index (χ4v) is 4.11. The van der Waals surface area contributed by atoms with Gasteiger partial charge in [0.05, 0.1) is 7.11 Å². The van der Waals surface area contributed by atoms with Crippen LogP contribution >= 0.6 is 0 Å². The van der Waals surface area contributed by atoms with Gasteiger partial charge in [0.1, 0.15) is 5.75 Å². The first kappa shape index (κ1) is 16.4. The van der Waals surface area contributed by atoms with Gasteiger partial charge in [-0.3, -0.25) is 0 Å². The Labute approximate surface area is 130 Å². The summed E-state index contributed by atoms with van der Waals surface area (Å²) in [5.41, 5.74) is 2.59. The molecule has 0 radical (unpaired) electrons. The summed E-state index contributed by atoms with van der Waals surface area (Å²) >= 11 is 0. The molecule has 2 rings (SSSR count). The maximum Gasteiger partial charge on any atom is 0.123 e. The minimum Gasteiger partial charge on any atom is -0.496 e. The van der Waals surface area contributed by atoms with Crippen molar-refractivity contribution in [3.63, 3.8) is 0 Å². The summed E-state index contributed by atoms with van der Waals surface area (Å²) in [5.74, 6) is 3.40. The van der Waals surface area contributed by atoms with E-state index in [9.17, 15) is 0 Å². The Balaban J connectivity index is 2.30. The number of ether oxygens (including phenoxy) is 1. The fourth-order valence-electron chi connectivity index (χ4n) is 4.11. The van der Waals surface area contributed by atoms with Gasteiger partial charge in [-0.25, -0.2) is 0 Å². The monoisotopic (exact) mass is 289 g/mol. The lowest BCUT2D eigenvalue weighted by molar-refractivity contribution is 0.175. The van der Waals surface area contributed by atoms with Crippen molar-refractivity contribution in [3.8, 4) is 5.75 Å². The van der Waals surface area contributed by atoms with E-state index in [0.29, 0.717) is 12.0 Å². The van der Waals surface area contributed by atoms with E-state index in [0.717, 1.165) is 24.1 Å². The standard InChI is InChI=1S/C19H31NO/c1-6-20-19(16-10-14(3)9-15(4)11-16)17-8-7-13(2)12-18(17)21-5/h7-8,12,14-16,19-20H,6,9-11H2,1-5H3. The predicted molar refractivity (Wildman–Crippen MR) is 89.8 cm³/mol. The first-order valence-electron chi connectivity index (χ1n) is 8.43. The normalized spacial score (nSPS) is 27.4. The summed E-state index contributed by atoms with van der Waals surface area (Å²) < 4.78 is 5.66. The van der Waals surface area contributed by atoms with Crippen molar-refractivity contribution >= 4 is 0 Å². The van der Waals surface area contributed by atoms with Crippen LogP contribution in [-0.2, 0) is 0 Å². The Bertz CT molecular complexity index is 447. The zero-order valence-electron chi connectivity index (χ0n) is 14.3. The molecule has 1 aromatic rings. The predicted octanol–water partition coefficient (Wildman–Crippen LogP) is 4.73. The molecule has 0 spiro atoms. The lowest BCUT2D eigenvalue weighted by Crippen LogP contribution is -2.33. The molecule has 1 saturated carbocycles. The number of hydrogen-bond acceptors (Lipinski definition) is 2. The highest BCUT2D eigenvalue weighted by molar-refractivity contribution is 5.39. The second kappa shape index (κ2) is 7.31. The molecule has 1 fully saturated rings. The third-order valence-electron chi connectivity index (χ3n) is 4.83. The molecule has 0 bridgehead atoms. The van der Waals surface area contributed by atoms with E-state index in [1.54, 1.807) is 7.11 Å². The quantitative estimate of drug-likeness (QED) is 0.846. The number of methoxy groups -OCH3 is 1. The van der Waals surface area contributed by atoms with Gasteiger partial charge < -0.3 is 10.1 Å². The molecule has 21 heavy (non-hydrogen) atoms. The van der Waals surface area contributed by atoms with E-state index in [1.807, 2.05) is 0 Å². The molecular weight excluding hydrogens is 258 g/mol. The SMILES string of the molecule is CCNC(c1ccc(C)cc1OC)C1CC(C)CC(C)C1.